The van der Waals surface area contributed by atoms with Crippen LogP contribution < -0.4 is 4.74 Å². The van der Waals surface area contributed by atoms with Crippen molar-refractivity contribution in [1.82, 2.24) is 4.98 Å². The number of alkyl halides is 2. The van der Waals surface area contributed by atoms with Gasteiger partial charge < -0.3 is 9.47 Å². The highest BCUT2D eigenvalue weighted by Crippen LogP contribution is 2.33. The Morgan fingerprint density at radius 2 is 2.24 bits per heavy atom. The minimum Gasteiger partial charge on any atom is -0.494 e. The number of halogens is 3. The molecule has 0 N–H and O–H groups in total. The van der Waals surface area contributed by atoms with Crippen molar-refractivity contribution in [2.24, 2.45) is 0 Å². The van der Waals surface area contributed by atoms with E-state index in [9.17, 15) is 13.6 Å². The number of hydrogen-bond acceptors (Lipinski definition) is 4. The fourth-order valence-electron chi connectivity index (χ4n) is 1.23. The van der Waals surface area contributed by atoms with Crippen LogP contribution in [0.2, 0.25) is 5.15 Å². The molecule has 0 radical (unpaired) electrons. The van der Waals surface area contributed by atoms with Gasteiger partial charge in [-0.2, -0.15) is 0 Å². The molecule has 0 spiro atoms. The van der Waals surface area contributed by atoms with E-state index in [1.54, 1.807) is 6.92 Å². The summed E-state index contributed by atoms with van der Waals surface area (Å²) < 4.78 is 34.8. The number of rotatable bonds is 4. The van der Waals surface area contributed by atoms with Gasteiger partial charge >= 0.3 is 5.97 Å². The second-order valence-corrected chi connectivity index (χ2v) is 3.32. The average molecular weight is 266 g/mol. The Morgan fingerprint density at radius 1 is 1.59 bits per heavy atom. The first-order chi connectivity index (χ1) is 8.01. The third kappa shape index (κ3) is 3.03. The summed E-state index contributed by atoms with van der Waals surface area (Å²) in [7, 11) is 1.17. The van der Waals surface area contributed by atoms with Gasteiger partial charge in [0, 0.05) is 0 Å². The maximum Gasteiger partial charge on any atom is 0.360 e. The molecule has 0 unspecified atom stereocenters. The van der Waals surface area contributed by atoms with Gasteiger partial charge in [-0.15, -0.1) is 0 Å². The lowest BCUT2D eigenvalue weighted by Gasteiger charge is -2.11. The molecule has 0 fully saturated rings. The maximum atomic E-state index is 12.7. The van der Waals surface area contributed by atoms with E-state index < -0.39 is 18.0 Å². The lowest BCUT2D eigenvalue weighted by Crippen LogP contribution is -2.11. The average Bonchev–Trinajstić information content (AvgIpc) is 2.28. The van der Waals surface area contributed by atoms with Crippen LogP contribution in [0.4, 0.5) is 8.78 Å². The van der Waals surface area contributed by atoms with Crippen molar-refractivity contribution in [2.75, 3.05) is 13.7 Å². The van der Waals surface area contributed by atoms with Gasteiger partial charge in [0.25, 0.3) is 6.43 Å². The van der Waals surface area contributed by atoms with Crippen LogP contribution in [0.1, 0.15) is 29.4 Å². The zero-order chi connectivity index (χ0) is 13.0. The summed E-state index contributed by atoms with van der Waals surface area (Å²) >= 11 is 5.56. The molecular formula is C10H10ClF2NO3. The van der Waals surface area contributed by atoms with Crippen molar-refractivity contribution in [3.63, 3.8) is 0 Å². The van der Waals surface area contributed by atoms with Crippen molar-refractivity contribution < 1.29 is 23.0 Å². The van der Waals surface area contributed by atoms with Crippen LogP contribution >= 0.6 is 11.6 Å². The zero-order valence-corrected chi connectivity index (χ0v) is 9.92. The van der Waals surface area contributed by atoms with Crippen molar-refractivity contribution in [1.29, 1.82) is 0 Å². The highest BCUT2D eigenvalue weighted by molar-refractivity contribution is 6.29. The molecule has 1 heterocycles. The normalized spacial score (nSPS) is 10.5. The summed E-state index contributed by atoms with van der Waals surface area (Å²) in [5, 5.41) is -0.218. The molecular weight excluding hydrogens is 256 g/mol. The monoisotopic (exact) mass is 265 g/mol. The van der Waals surface area contributed by atoms with Crippen LogP contribution in [0.25, 0.3) is 0 Å². The SMILES string of the molecule is CCOC(=O)c1nc(Cl)cc(C(F)F)c1OC. The van der Waals surface area contributed by atoms with Gasteiger partial charge in [-0.05, 0) is 13.0 Å². The van der Waals surface area contributed by atoms with Gasteiger partial charge in [0.05, 0.1) is 19.3 Å². The Labute approximate surface area is 101 Å². The third-order valence-electron chi connectivity index (χ3n) is 1.88. The van der Waals surface area contributed by atoms with Gasteiger partial charge in [-0.25, -0.2) is 18.6 Å². The van der Waals surface area contributed by atoms with Gasteiger partial charge in [0.2, 0.25) is 0 Å². The molecule has 0 amide bonds. The van der Waals surface area contributed by atoms with Gasteiger partial charge in [0.1, 0.15) is 5.15 Å². The van der Waals surface area contributed by atoms with Gasteiger partial charge in [-0.1, -0.05) is 11.6 Å². The van der Waals surface area contributed by atoms with Crippen LogP contribution in [-0.4, -0.2) is 24.7 Å². The van der Waals surface area contributed by atoms with E-state index in [4.69, 9.17) is 16.3 Å². The van der Waals surface area contributed by atoms with Crippen LogP contribution in [0, 0.1) is 0 Å². The number of ether oxygens (including phenoxy) is 2. The Hall–Kier alpha value is -1.43. The number of esters is 1. The highest BCUT2D eigenvalue weighted by Gasteiger charge is 2.24. The summed E-state index contributed by atoms with van der Waals surface area (Å²) in [5.41, 5.74) is -0.840. The van der Waals surface area contributed by atoms with E-state index in [1.165, 1.54) is 7.11 Å². The number of carbonyl (C=O) groups excluding carboxylic acids is 1. The first-order valence-corrected chi connectivity index (χ1v) is 5.08. The van der Waals surface area contributed by atoms with E-state index in [0.717, 1.165) is 6.07 Å². The van der Waals surface area contributed by atoms with Crippen LogP contribution in [-0.2, 0) is 4.74 Å². The first kappa shape index (κ1) is 13.6. The fourth-order valence-corrected chi connectivity index (χ4v) is 1.44. The number of methoxy groups -OCH3 is 1. The van der Waals surface area contributed by atoms with Crippen LogP contribution in [0.3, 0.4) is 0 Å². The van der Waals surface area contributed by atoms with E-state index in [0.29, 0.717) is 0 Å². The fraction of sp³-hybridized carbons (Fsp3) is 0.400. The maximum absolute atomic E-state index is 12.7. The summed E-state index contributed by atoms with van der Waals surface area (Å²) in [6.45, 7) is 1.68. The predicted octanol–water partition coefficient (Wildman–Crippen LogP) is 2.86. The molecule has 1 aromatic heterocycles. The largest absolute Gasteiger partial charge is 0.494 e. The quantitative estimate of drug-likeness (QED) is 0.620. The molecule has 0 aromatic carbocycles. The molecule has 4 nitrogen and oxygen atoms in total. The summed E-state index contributed by atoms with van der Waals surface area (Å²) in [4.78, 5) is 15.1. The van der Waals surface area contributed by atoms with Gasteiger partial charge in [0.15, 0.2) is 11.4 Å². The molecule has 0 aliphatic rings. The standard InChI is InChI=1S/C10H10ClF2NO3/c1-3-17-10(15)7-8(16-2)5(9(12)13)4-6(11)14-7/h4,9H,3H2,1-2H3. The lowest BCUT2D eigenvalue weighted by atomic mass is 10.2. The molecule has 17 heavy (non-hydrogen) atoms. The van der Waals surface area contributed by atoms with Crippen molar-refractivity contribution >= 4 is 17.6 Å². The molecule has 1 aromatic rings. The van der Waals surface area contributed by atoms with Crippen LogP contribution in [0.5, 0.6) is 5.75 Å². The molecule has 0 saturated heterocycles. The predicted molar refractivity (Wildman–Crippen MR) is 56.7 cm³/mol. The summed E-state index contributed by atoms with van der Waals surface area (Å²) in [5.74, 6) is -1.17. The number of nitrogens with zero attached hydrogens (tertiary/aromatic N) is 1. The van der Waals surface area contributed by atoms with Crippen LogP contribution in [0.15, 0.2) is 6.07 Å². The number of carbonyl (C=O) groups is 1. The number of hydrogen-bond donors (Lipinski definition) is 0. The van der Waals surface area contributed by atoms with Gasteiger partial charge in [-0.3, -0.25) is 0 Å². The van der Waals surface area contributed by atoms with Crippen molar-refractivity contribution in [2.45, 2.75) is 13.3 Å². The molecule has 1 rings (SSSR count). The third-order valence-corrected chi connectivity index (χ3v) is 2.07. The highest BCUT2D eigenvalue weighted by atomic mass is 35.5. The molecule has 0 atom stereocenters. The summed E-state index contributed by atoms with van der Waals surface area (Å²) in [6, 6.07) is 0.952. The smallest absolute Gasteiger partial charge is 0.360 e. The Kier molecular flexibility index (Phi) is 4.62. The molecule has 0 saturated carbocycles. The van der Waals surface area contributed by atoms with E-state index in [2.05, 4.69) is 9.72 Å². The summed E-state index contributed by atoms with van der Waals surface area (Å²) in [6.07, 6.45) is -2.82. The lowest BCUT2D eigenvalue weighted by molar-refractivity contribution is 0.0514. The van der Waals surface area contributed by atoms with Crippen molar-refractivity contribution in [3.8, 4) is 5.75 Å². The number of aromatic nitrogens is 1. The van der Waals surface area contributed by atoms with E-state index in [1.807, 2.05) is 0 Å². The minimum absolute atomic E-state index is 0.0974. The molecule has 0 aliphatic heterocycles. The van der Waals surface area contributed by atoms with E-state index in [-0.39, 0.29) is 23.2 Å². The molecule has 94 valence electrons. The molecule has 0 aliphatic carbocycles. The Bertz CT molecular complexity index is 426. The zero-order valence-electron chi connectivity index (χ0n) is 9.17. The van der Waals surface area contributed by atoms with Crippen molar-refractivity contribution in [3.05, 3.63) is 22.5 Å². The molecule has 7 heteroatoms. The first-order valence-electron chi connectivity index (χ1n) is 4.71. The topological polar surface area (TPSA) is 48.4 Å². The Balaban J connectivity index is 3.32. The minimum atomic E-state index is -2.82. The van der Waals surface area contributed by atoms with E-state index >= 15 is 0 Å². The Morgan fingerprint density at radius 3 is 2.71 bits per heavy atom. The molecule has 0 bridgehead atoms. The second-order valence-electron chi connectivity index (χ2n) is 2.94. The second kappa shape index (κ2) is 5.77. The number of pyridine rings is 1.